The summed E-state index contributed by atoms with van der Waals surface area (Å²) in [7, 11) is 0. The van der Waals surface area contributed by atoms with E-state index in [-0.39, 0.29) is 5.78 Å². The summed E-state index contributed by atoms with van der Waals surface area (Å²) in [5.74, 6) is 0.866. The van der Waals surface area contributed by atoms with Crippen LogP contribution in [0, 0.1) is 0 Å². The highest BCUT2D eigenvalue weighted by atomic mass is 16.5. The number of rotatable bonds is 9. The Morgan fingerprint density at radius 2 is 1.52 bits per heavy atom. The van der Waals surface area contributed by atoms with E-state index in [1.54, 1.807) is 0 Å². The van der Waals surface area contributed by atoms with Crippen LogP contribution in [-0.4, -0.2) is 28.7 Å². The topological polar surface area (TPSA) is 50.6 Å². The van der Waals surface area contributed by atoms with E-state index in [4.69, 9.17) is 9.84 Å². The number of carbonyl (C=O) groups excluding carboxylic acids is 1. The molecule has 1 aromatic heterocycles. The van der Waals surface area contributed by atoms with Crippen LogP contribution in [0.25, 0.3) is 11.4 Å². The Labute approximate surface area is 248 Å². The molecule has 6 rings (SSSR count). The standard InChI is InChI=1S/C36H38N4O2/c1-4-10-34(41)35-33-22-24-39(30-16-14-29(15-17-30)38-23-9-8-11-26(38)2)27(3)36(33)40(37-35)31-18-20-32(21-19-31)42-25-28-12-6-5-7-13-28/h5-7,12-21H,2-4,8-11,22-25H2,1H3. The highest BCUT2D eigenvalue weighted by Crippen LogP contribution is 2.37. The van der Waals surface area contributed by atoms with Gasteiger partial charge in [0, 0.05) is 42.1 Å². The van der Waals surface area contributed by atoms with E-state index < -0.39 is 0 Å². The minimum atomic E-state index is 0.0858. The zero-order valence-electron chi connectivity index (χ0n) is 24.4. The average molecular weight is 559 g/mol. The minimum absolute atomic E-state index is 0.0858. The maximum Gasteiger partial charge on any atom is 0.183 e. The first-order chi connectivity index (χ1) is 20.5. The molecular formula is C36H38N4O2. The van der Waals surface area contributed by atoms with Crippen LogP contribution in [0.15, 0.2) is 97.7 Å². The maximum atomic E-state index is 13.2. The fourth-order valence-corrected chi connectivity index (χ4v) is 5.95. The van der Waals surface area contributed by atoms with Crippen molar-refractivity contribution < 1.29 is 9.53 Å². The summed E-state index contributed by atoms with van der Waals surface area (Å²) in [5.41, 5.74) is 8.73. The van der Waals surface area contributed by atoms with Crippen LogP contribution in [0.2, 0.25) is 0 Å². The lowest BCUT2D eigenvalue weighted by Gasteiger charge is -2.33. The highest BCUT2D eigenvalue weighted by molar-refractivity contribution is 5.98. The molecule has 0 radical (unpaired) electrons. The fourth-order valence-electron chi connectivity index (χ4n) is 5.95. The van der Waals surface area contributed by atoms with Crippen molar-refractivity contribution >= 4 is 22.9 Å². The van der Waals surface area contributed by atoms with E-state index in [2.05, 4.69) is 59.4 Å². The molecule has 6 heteroatoms. The molecule has 1 saturated heterocycles. The van der Waals surface area contributed by atoms with Crippen LogP contribution in [-0.2, 0) is 13.0 Å². The molecule has 214 valence electrons. The van der Waals surface area contributed by atoms with Gasteiger partial charge in [0.05, 0.1) is 17.1 Å². The van der Waals surface area contributed by atoms with Crippen molar-refractivity contribution in [3.63, 3.8) is 0 Å². The van der Waals surface area contributed by atoms with Gasteiger partial charge in [-0.3, -0.25) is 4.79 Å². The quantitative estimate of drug-likeness (QED) is 0.195. The molecule has 0 spiro atoms. The Morgan fingerprint density at radius 3 is 2.21 bits per heavy atom. The van der Waals surface area contributed by atoms with Crippen molar-refractivity contribution in [2.45, 2.75) is 52.1 Å². The predicted molar refractivity (Wildman–Crippen MR) is 170 cm³/mol. The summed E-state index contributed by atoms with van der Waals surface area (Å²) in [6.45, 7) is 13.1. The summed E-state index contributed by atoms with van der Waals surface area (Å²) in [4.78, 5) is 17.7. The highest BCUT2D eigenvalue weighted by Gasteiger charge is 2.31. The van der Waals surface area contributed by atoms with E-state index in [0.29, 0.717) is 18.7 Å². The molecule has 3 heterocycles. The van der Waals surface area contributed by atoms with E-state index >= 15 is 0 Å². The monoisotopic (exact) mass is 558 g/mol. The van der Waals surface area contributed by atoms with E-state index in [9.17, 15) is 4.79 Å². The lowest BCUT2D eigenvalue weighted by atomic mass is 9.98. The van der Waals surface area contributed by atoms with Gasteiger partial charge in [0.15, 0.2) is 5.78 Å². The lowest BCUT2D eigenvalue weighted by Crippen LogP contribution is -2.30. The van der Waals surface area contributed by atoms with Crippen LogP contribution < -0.4 is 14.5 Å². The molecule has 0 atom stereocenters. The normalized spacial score (nSPS) is 15.1. The van der Waals surface area contributed by atoms with E-state index in [1.807, 2.05) is 54.1 Å². The summed E-state index contributed by atoms with van der Waals surface area (Å²) in [5, 5.41) is 4.89. The number of carbonyl (C=O) groups is 1. The van der Waals surface area contributed by atoms with Crippen molar-refractivity contribution in [2.75, 3.05) is 22.9 Å². The van der Waals surface area contributed by atoms with E-state index in [0.717, 1.165) is 72.0 Å². The second kappa shape index (κ2) is 12.1. The van der Waals surface area contributed by atoms with Gasteiger partial charge in [-0.2, -0.15) is 5.10 Å². The van der Waals surface area contributed by atoms with Gasteiger partial charge in [-0.1, -0.05) is 50.4 Å². The van der Waals surface area contributed by atoms with Crippen LogP contribution in [0.5, 0.6) is 5.75 Å². The number of ether oxygens (including phenoxy) is 1. The Morgan fingerprint density at radius 1 is 0.833 bits per heavy atom. The molecule has 42 heavy (non-hydrogen) atoms. The lowest BCUT2D eigenvalue weighted by molar-refractivity contribution is 0.0975. The van der Waals surface area contributed by atoms with Gasteiger partial charge in [0.2, 0.25) is 0 Å². The number of anilines is 2. The van der Waals surface area contributed by atoms with Crippen LogP contribution in [0.3, 0.4) is 0 Å². The molecular weight excluding hydrogens is 520 g/mol. The number of hydrogen-bond donors (Lipinski definition) is 0. The number of piperidine rings is 1. The Bertz CT molecular complexity index is 1590. The average Bonchev–Trinajstić information content (AvgIpc) is 3.42. The maximum absolute atomic E-state index is 13.2. The van der Waals surface area contributed by atoms with Crippen LogP contribution in [0.1, 0.15) is 66.3 Å². The van der Waals surface area contributed by atoms with Crippen molar-refractivity contribution in [3.05, 3.63) is 120 Å². The Balaban J connectivity index is 1.28. The second-order valence-corrected chi connectivity index (χ2v) is 11.1. The van der Waals surface area contributed by atoms with Crippen molar-refractivity contribution in [2.24, 2.45) is 0 Å². The minimum Gasteiger partial charge on any atom is -0.489 e. The SMILES string of the molecule is C=C1CCCCN1c1ccc(N2CCc3c(C(=O)CCC)nn(-c4ccc(OCc5ccccc5)cc4)c3C2=C)cc1. The zero-order valence-corrected chi connectivity index (χ0v) is 24.4. The number of nitrogens with zero attached hydrogens (tertiary/aromatic N) is 4. The van der Waals surface area contributed by atoms with Crippen molar-refractivity contribution in [3.8, 4) is 11.4 Å². The van der Waals surface area contributed by atoms with Gasteiger partial charge in [0.25, 0.3) is 0 Å². The largest absolute Gasteiger partial charge is 0.489 e. The van der Waals surface area contributed by atoms with Crippen LogP contribution >= 0.6 is 0 Å². The third-order valence-electron chi connectivity index (χ3n) is 8.19. The Hall–Kier alpha value is -4.58. The third-order valence-corrected chi connectivity index (χ3v) is 8.19. The molecule has 1 fully saturated rings. The first-order valence-corrected chi connectivity index (χ1v) is 15.0. The number of benzene rings is 3. The van der Waals surface area contributed by atoms with Gasteiger partial charge in [0.1, 0.15) is 18.1 Å². The van der Waals surface area contributed by atoms with Gasteiger partial charge in [-0.05, 0) is 86.2 Å². The number of hydrogen-bond acceptors (Lipinski definition) is 5. The van der Waals surface area contributed by atoms with Gasteiger partial charge in [-0.15, -0.1) is 0 Å². The molecule has 0 amide bonds. The number of Topliss-reactive ketones (excluding diaryl/α,β-unsaturated/α-hetero) is 1. The zero-order chi connectivity index (χ0) is 29.1. The number of ketones is 1. The first-order valence-electron chi connectivity index (χ1n) is 15.0. The summed E-state index contributed by atoms with van der Waals surface area (Å²) < 4.78 is 7.90. The van der Waals surface area contributed by atoms with Gasteiger partial charge < -0.3 is 14.5 Å². The van der Waals surface area contributed by atoms with Crippen molar-refractivity contribution in [1.29, 1.82) is 0 Å². The Kier molecular flexibility index (Phi) is 7.95. The van der Waals surface area contributed by atoms with Crippen molar-refractivity contribution in [1.82, 2.24) is 9.78 Å². The molecule has 2 aliphatic rings. The molecule has 0 saturated carbocycles. The molecule has 3 aromatic carbocycles. The fraction of sp³-hybridized carbons (Fsp3) is 0.278. The number of allylic oxidation sites excluding steroid dienone is 1. The number of fused-ring (bicyclic) bond motifs is 1. The smallest absolute Gasteiger partial charge is 0.183 e. The molecule has 0 bridgehead atoms. The summed E-state index contributed by atoms with van der Waals surface area (Å²) in [6.07, 6.45) is 5.45. The number of aromatic nitrogens is 2. The summed E-state index contributed by atoms with van der Waals surface area (Å²) in [6, 6.07) is 26.7. The molecule has 6 nitrogen and oxygen atoms in total. The molecule has 4 aromatic rings. The van der Waals surface area contributed by atoms with Gasteiger partial charge in [-0.25, -0.2) is 4.68 Å². The molecule has 0 unspecified atom stereocenters. The first kappa shape index (κ1) is 27.6. The third kappa shape index (κ3) is 5.49. The van der Waals surface area contributed by atoms with Gasteiger partial charge >= 0.3 is 0 Å². The molecule has 0 N–H and O–H groups in total. The predicted octanol–water partition coefficient (Wildman–Crippen LogP) is 7.97. The molecule has 0 aliphatic carbocycles. The van der Waals surface area contributed by atoms with E-state index in [1.165, 1.54) is 24.2 Å². The van der Waals surface area contributed by atoms with Crippen LogP contribution in [0.4, 0.5) is 11.4 Å². The second-order valence-electron chi connectivity index (χ2n) is 11.1. The summed E-state index contributed by atoms with van der Waals surface area (Å²) >= 11 is 0. The molecule has 2 aliphatic heterocycles.